The van der Waals surface area contributed by atoms with Crippen LogP contribution in [0.2, 0.25) is 5.02 Å². The van der Waals surface area contributed by atoms with Crippen LogP contribution in [0.15, 0.2) is 42.5 Å². The lowest BCUT2D eigenvalue weighted by Gasteiger charge is -2.10. The molecule has 0 bridgehead atoms. The van der Waals surface area contributed by atoms with E-state index < -0.39 is 12.6 Å². The summed E-state index contributed by atoms with van der Waals surface area (Å²) in [6.07, 6.45) is 1.02. The number of phenolic OH excluding ortho intramolecular Hbond substituents is 1. The Bertz CT molecular complexity index is 738. The number of ether oxygens (including phenoxy) is 1. The summed E-state index contributed by atoms with van der Waals surface area (Å²) in [7, 11) is 0. The molecule has 2 rings (SSSR count). The third-order valence-corrected chi connectivity index (χ3v) is 4.16. The molecule has 4 nitrogen and oxygen atoms in total. The number of benzene rings is 2. The van der Waals surface area contributed by atoms with Crippen LogP contribution in [0.4, 0.5) is 0 Å². The van der Waals surface area contributed by atoms with E-state index in [1.807, 2.05) is 12.1 Å². The van der Waals surface area contributed by atoms with Crippen molar-refractivity contribution in [3.05, 3.63) is 64.2 Å². The van der Waals surface area contributed by atoms with E-state index in [1.54, 1.807) is 12.1 Å². The summed E-state index contributed by atoms with van der Waals surface area (Å²) in [5.41, 5.74) is 1.57. The van der Waals surface area contributed by atoms with Crippen LogP contribution in [0.1, 0.15) is 52.5 Å². The largest absolute Gasteiger partial charge is 0.507 e. The third kappa shape index (κ3) is 4.36. The lowest BCUT2D eigenvalue weighted by molar-refractivity contribution is 0.0472. The highest BCUT2D eigenvalue weighted by Crippen LogP contribution is 2.22. The Hall–Kier alpha value is -2.33. The molecule has 0 fully saturated rings. The normalized spacial score (nSPS) is 11.8. The van der Waals surface area contributed by atoms with Gasteiger partial charge < -0.3 is 9.84 Å². The monoisotopic (exact) mass is 346 g/mol. The van der Waals surface area contributed by atoms with Crippen LogP contribution < -0.4 is 0 Å². The molecule has 0 radical (unpaired) electrons. The Balaban J connectivity index is 2.00. The van der Waals surface area contributed by atoms with E-state index in [0.717, 1.165) is 12.0 Å². The number of hydrogen-bond acceptors (Lipinski definition) is 4. The van der Waals surface area contributed by atoms with Gasteiger partial charge in [0, 0.05) is 10.6 Å². The van der Waals surface area contributed by atoms with Crippen molar-refractivity contribution >= 4 is 23.4 Å². The second-order valence-corrected chi connectivity index (χ2v) is 6.03. The predicted molar refractivity (Wildman–Crippen MR) is 92.9 cm³/mol. The molecule has 0 spiro atoms. The average Bonchev–Trinajstić information content (AvgIpc) is 2.60. The van der Waals surface area contributed by atoms with E-state index >= 15 is 0 Å². The molecule has 0 saturated heterocycles. The van der Waals surface area contributed by atoms with Crippen molar-refractivity contribution < 1.29 is 19.4 Å². The second-order valence-electron chi connectivity index (χ2n) is 5.59. The molecule has 0 saturated carbocycles. The molecular formula is C19H19ClO4. The molecule has 0 amide bonds. The molecule has 0 aliphatic carbocycles. The summed E-state index contributed by atoms with van der Waals surface area (Å²) < 4.78 is 4.97. The molecule has 1 N–H and O–H groups in total. The standard InChI is InChI=1S/C19H19ClO4/c1-3-12(2)13-4-6-14(7-5-13)18(22)11-24-19(23)16-10-15(20)8-9-17(16)21/h4-10,12,21H,3,11H2,1-2H3/t12-/m1/s1. The minimum Gasteiger partial charge on any atom is -0.507 e. The quantitative estimate of drug-likeness (QED) is 0.613. The Morgan fingerprint density at radius 3 is 2.46 bits per heavy atom. The van der Waals surface area contributed by atoms with Crippen molar-refractivity contribution in [3.63, 3.8) is 0 Å². The maximum absolute atomic E-state index is 12.1. The number of carbonyl (C=O) groups excluding carboxylic acids is 2. The molecule has 0 heterocycles. The maximum Gasteiger partial charge on any atom is 0.342 e. The molecule has 0 aliphatic rings. The summed E-state index contributed by atoms with van der Waals surface area (Å²) in [5.74, 6) is -0.910. The maximum atomic E-state index is 12.1. The van der Waals surface area contributed by atoms with Crippen molar-refractivity contribution in [1.82, 2.24) is 0 Å². The van der Waals surface area contributed by atoms with Crippen LogP contribution >= 0.6 is 11.6 Å². The van der Waals surface area contributed by atoms with Gasteiger partial charge in [0.2, 0.25) is 0 Å². The number of halogens is 1. The summed E-state index contributed by atoms with van der Waals surface area (Å²) in [5, 5.41) is 9.95. The van der Waals surface area contributed by atoms with Crippen LogP contribution in [0, 0.1) is 0 Å². The zero-order chi connectivity index (χ0) is 17.7. The summed E-state index contributed by atoms with van der Waals surface area (Å²) in [6, 6.07) is 11.3. The summed E-state index contributed by atoms with van der Waals surface area (Å²) in [6.45, 7) is 3.83. The van der Waals surface area contributed by atoms with Gasteiger partial charge in [-0.2, -0.15) is 0 Å². The van der Waals surface area contributed by atoms with E-state index in [2.05, 4.69) is 13.8 Å². The van der Waals surface area contributed by atoms with Gasteiger partial charge in [0.25, 0.3) is 0 Å². The van der Waals surface area contributed by atoms with Crippen LogP contribution in [0.3, 0.4) is 0 Å². The Labute approximate surface area is 146 Å². The van der Waals surface area contributed by atoms with Crippen LogP contribution in [-0.4, -0.2) is 23.5 Å². The number of phenols is 1. The van der Waals surface area contributed by atoms with Crippen LogP contribution in [0.25, 0.3) is 0 Å². The first kappa shape index (κ1) is 18.0. The zero-order valence-corrected chi connectivity index (χ0v) is 14.3. The van der Waals surface area contributed by atoms with Gasteiger partial charge in [-0.05, 0) is 36.1 Å². The predicted octanol–water partition coefficient (Wildman–Crippen LogP) is 4.60. The zero-order valence-electron chi connectivity index (χ0n) is 13.6. The van der Waals surface area contributed by atoms with Gasteiger partial charge in [-0.1, -0.05) is 49.7 Å². The van der Waals surface area contributed by atoms with E-state index in [9.17, 15) is 14.7 Å². The van der Waals surface area contributed by atoms with Gasteiger partial charge in [-0.15, -0.1) is 0 Å². The number of hydrogen-bond donors (Lipinski definition) is 1. The van der Waals surface area contributed by atoms with Gasteiger partial charge in [0.05, 0.1) is 0 Å². The average molecular weight is 347 g/mol. The van der Waals surface area contributed by atoms with Crippen LogP contribution in [-0.2, 0) is 4.74 Å². The first-order valence-corrected chi connectivity index (χ1v) is 8.09. The fourth-order valence-corrected chi connectivity index (χ4v) is 2.37. The van der Waals surface area contributed by atoms with Gasteiger partial charge in [-0.25, -0.2) is 4.79 Å². The summed E-state index contributed by atoms with van der Waals surface area (Å²) >= 11 is 5.79. The van der Waals surface area contributed by atoms with Gasteiger partial charge >= 0.3 is 5.97 Å². The highest BCUT2D eigenvalue weighted by Gasteiger charge is 2.16. The number of aromatic hydroxyl groups is 1. The molecule has 24 heavy (non-hydrogen) atoms. The fourth-order valence-electron chi connectivity index (χ4n) is 2.20. The Morgan fingerprint density at radius 1 is 1.17 bits per heavy atom. The van der Waals surface area contributed by atoms with E-state index in [0.29, 0.717) is 16.5 Å². The highest BCUT2D eigenvalue weighted by molar-refractivity contribution is 6.31. The number of Topliss-reactive ketones (excluding diaryl/α,β-unsaturated/α-hetero) is 1. The van der Waals surface area contributed by atoms with Crippen molar-refractivity contribution in [2.45, 2.75) is 26.2 Å². The van der Waals surface area contributed by atoms with Gasteiger partial charge in [0.1, 0.15) is 11.3 Å². The molecular weight excluding hydrogens is 328 g/mol. The van der Waals surface area contributed by atoms with Crippen molar-refractivity contribution in [2.24, 2.45) is 0 Å². The van der Waals surface area contributed by atoms with Gasteiger partial charge in [-0.3, -0.25) is 4.79 Å². The number of esters is 1. The lowest BCUT2D eigenvalue weighted by atomic mass is 9.97. The molecule has 1 atom stereocenters. The fraction of sp³-hybridized carbons (Fsp3) is 0.263. The van der Waals surface area contributed by atoms with Gasteiger partial charge in [0.15, 0.2) is 12.4 Å². The lowest BCUT2D eigenvalue weighted by Crippen LogP contribution is -2.14. The topological polar surface area (TPSA) is 63.6 Å². The molecule has 126 valence electrons. The van der Waals surface area contributed by atoms with E-state index in [4.69, 9.17) is 16.3 Å². The highest BCUT2D eigenvalue weighted by atomic mass is 35.5. The molecule has 0 aromatic heterocycles. The molecule has 0 aliphatic heterocycles. The van der Waals surface area contributed by atoms with Crippen molar-refractivity contribution in [2.75, 3.05) is 6.61 Å². The third-order valence-electron chi connectivity index (χ3n) is 3.93. The molecule has 2 aromatic carbocycles. The Morgan fingerprint density at radius 2 is 1.83 bits per heavy atom. The minimum atomic E-state index is -0.792. The minimum absolute atomic E-state index is 0.0672. The van der Waals surface area contributed by atoms with E-state index in [-0.39, 0.29) is 17.1 Å². The first-order chi connectivity index (χ1) is 11.4. The summed E-state index contributed by atoms with van der Waals surface area (Å²) in [4.78, 5) is 24.1. The van der Waals surface area contributed by atoms with Crippen LogP contribution in [0.5, 0.6) is 5.75 Å². The molecule has 2 aromatic rings. The SMILES string of the molecule is CC[C@@H](C)c1ccc(C(=O)COC(=O)c2cc(Cl)ccc2O)cc1. The van der Waals surface area contributed by atoms with Crippen molar-refractivity contribution in [1.29, 1.82) is 0 Å². The van der Waals surface area contributed by atoms with Crippen molar-refractivity contribution in [3.8, 4) is 5.75 Å². The Kier molecular flexibility index (Phi) is 5.99. The number of ketones is 1. The number of rotatable bonds is 6. The smallest absolute Gasteiger partial charge is 0.342 e. The van der Waals surface area contributed by atoms with E-state index in [1.165, 1.54) is 18.2 Å². The second kappa shape index (κ2) is 7.97. The number of carbonyl (C=O) groups is 2. The molecule has 5 heteroatoms. The first-order valence-electron chi connectivity index (χ1n) is 7.71. The molecule has 0 unspecified atom stereocenters.